The van der Waals surface area contributed by atoms with Gasteiger partial charge in [-0.3, -0.25) is 0 Å². The van der Waals surface area contributed by atoms with Gasteiger partial charge in [0.25, 0.3) is 0 Å². The van der Waals surface area contributed by atoms with E-state index in [0.717, 1.165) is 34.1 Å². The van der Waals surface area contributed by atoms with Crippen LogP contribution in [-0.4, -0.2) is 8.80 Å². The number of anilines is 6. The average molecular weight is 1080 g/mol. The van der Waals surface area contributed by atoms with Crippen molar-refractivity contribution in [3.63, 3.8) is 0 Å². The van der Waals surface area contributed by atoms with Crippen molar-refractivity contribution >= 4 is 132 Å². The molecule has 0 aliphatic carbocycles. The molecule has 0 N–H and O–H groups in total. The molecule has 0 aliphatic rings. The molecule has 0 aliphatic heterocycles. The summed E-state index contributed by atoms with van der Waals surface area (Å²) in [5.74, 6) is 0.849. The van der Waals surface area contributed by atoms with Gasteiger partial charge in [-0.05, 0) is 164 Å². The summed E-state index contributed by atoms with van der Waals surface area (Å²) in [5, 5.41) is 14.9. The Morgan fingerprint density at radius 2 is 0.655 bits per heavy atom. The molecular formula is C80H58N4. The maximum Gasteiger partial charge on any atom is 0.0641 e. The number of hydrogen-bond acceptors (Lipinski definition) is 2. The van der Waals surface area contributed by atoms with Crippen LogP contribution in [0.1, 0.15) is 50.7 Å². The molecule has 0 bridgehead atoms. The molecule has 4 heteroatoms. The summed E-state index contributed by atoms with van der Waals surface area (Å²) in [6.45, 7) is 9.08. The Morgan fingerprint density at radius 3 is 1.07 bits per heavy atom. The molecule has 0 fully saturated rings. The summed E-state index contributed by atoms with van der Waals surface area (Å²) in [6, 6.07) is 100. The zero-order chi connectivity index (χ0) is 55.9. The number of para-hydroxylation sites is 2. The SMILES string of the molecule is CC(C)c1ccc(N(c2ccccc2)c2ccc3c4cc5c(cc4n4c6ccc(-c7cccc8ccccc78)cc6c2c34)c2ccc(N(c3ccccc3)c3ccc(C(C)C)cc3)c3c4cc(-c6cccc7ccccc67)ccc4n5c23)cc1. The minimum Gasteiger partial charge on any atom is -0.310 e. The van der Waals surface area contributed by atoms with Crippen molar-refractivity contribution in [2.24, 2.45) is 0 Å². The molecule has 0 saturated heterocycles. The summed E-state index contributed by atoms with van der Waals surface area (Å²) in [4.78, 5) is 4.95. The van der Waals surface area contributed by atoms with Gasteiger partial charge >= 0.3 is 0 Å². The molecule has 4 nitrogen and oxygen atoms in total. The quantitative estimate of drug-likeness (QED) is 0.136. The first-order valence-electron chi connectivity index (χ1n) is 29.6. The van der Waals surface area contributed by atoms with Crippen LogP contribution in [0.15, 0.2) is 267 Å². The fraction of sp³-hybridized carbons (Fsp3) is 0.0750. The van der Waals surface area contributed by atoms with Gasteiger partial charge in [0.05, 0.1) is 44.5 Å². The third kappa shape index (κ3) is 7.13. The zero-order valence-electron chi connectivity index (χ0n) is 47.3. The van der Waals surface area contributed by atoms with Gasteiger partial charge in [-0.15, -0.1) is 0 Å². The molecule has 0 amide bonds. The van der Waals surface area contributed by atoms with E-state index in [9.17, 15) is 0 Å². The van der Waals surface area contributed by atoms with Crippen molar-refractivity contribution in [3.8, 4) is 22.3 Å². The Hall–Kier alpha value is -10.4. The molecule has 4 heterocycles. The third-order valence-electron chi connectivity index (χ3n) is 18.3. The molecule has 13 aromatic carbocycles. The number of hydrogen-bond donors (Lipinski definition) is 0. The molecule has 17 rings (SSSR count). The Bertz CT molecular complexity index is 5070. The van der Waals surface area contributed by atoms with Crippen LogP contribution < -0.4 is 9.80 Å². The maximum absolute atomic E-state index is 2.59. The summed E-state index contributed by atoms with van der Waals surface area (Å²) in [5.41, 5.74) is 21.6. The summed E-state index contributed by atoms with van der Waals surface area (Å²) >= 11 is 0. The second-order valence-corrected chi connectivity index (χ2v) is 23.6. The smallest absolute Gasteiger partial charge is 0.0641 e. The highest BCUT2D eigenvalue weighted by atomic mass is 15.2. The van der Waals surface area contributed by atoms with Crippen molar-refractivity contribution in [1.82, 2.24) is 8.80 Å². The van der Waals surface area contributed by atoms with Crippen molar-refractivity contribution in [2.45, 2.75) is 39.5 Å². The van der Waals surface area contributed by atoms with Crippen LogP contribution in [0.3, 0.4) is 0 Å². The summed E-state index contributed by atoms with van der Waals surface area (Å²) < 4.78 is 5.17. The highest BCUT2D eigenvalue weighted by Crippen LogP contribution is 2.52. The lowest BCUT2D eigenvalue weighted by atomic mass is 9.96. The second kappa shape index (κ2) is 18.6. The van der Waals surface area contributed by atoms with E-state index in [1.165, 1.54) is 131 Å². The molecule has 4 aromatic heterocycles. The molecule has 0 radical (unpaired) electrons. The molecule has 0 unspecified atom stereocenters. The zero-order valence-corrected chi connectivity index (χ0v) is 47.3. The van der Waals surface area contributed by atoms with Crippen LogP contribution in [0.5, 0.6) is 0 Å². The van der Waals surface area contributed by atoms with E-state index in [0.29, 0.717) is 11.8 Å². The van der Waals surface area contributed by atoms with E-state index in [1.54, 1.807) is 0 Å². The monoisotopic (exact) mass is 1070 g/mol. The first-order valence-corrected chi connectivity index (χ1v) is 29.6. The number of rotatable bonds is 10. The lowest BCUT2D eigenvalue weighted by Gasteiger charge is -2.27. The van der Waals surface area contributed by atoms with Gasteiger partial charge in [0.1, 0.15) is 0 Å². The van der Waals surface area contributed by atoms with Crippen LogP contribution in [0.25, 0.3) is 120 Å². The second-order valence-electron chi connectivity index (χ2n) is 23.6. The lowest BCUT2D eigenvalue weighted by molar-refractivity contribution is 0.866. The topological polar surface area (TPSA) is 15.3 Å². The van der Waals surface area contributed by atoms with E-state index < -0.39 is 0 Å². The van der Waals surface area contributed by atoms with Gasteiger partial charge in [-0.25, -0.2) is 0 Å². The van der Waals surface area contributed by atoms with Crippen LogP contribution in [-0.2, 0) is 0 Å². The van der Waals surface area contributed by atoms with Gasteiger partial charge in [-0.2, -0.15) is 0 Å². The van der Waals surface area contributed by atoms with Crippen LogP contribution in [0.4, 0.5) is 34.1 Å². The molecule has 398 valence electrons. The minimum atomic E-state index is 0.425. The maximum atomic E-state index is 2.59. The first-order chi connectivity index (χ1) is 41.3. The third-order valence-corrected chi connectivity index (χ3v) is 18.3. The number of nitrogens with zero attached hydrogens (tertiary/aromatic N) is 4. The van der Waals surface area contributed by atoms with Crippen LogP contribution in [0, 0.1) is 0 Å². The number of fused-ring (bicyclic) bond motifs is 14. The summed E-state index contributed by atoms with van der Waals surface area (Å²) in [7, 11) is 0. The molecule has 84 heavy (non-hydrogen) atoms. The van der Waals surface area contributed by atoms with Gasteiger partial charge in [0.15, 0.2) is 0 Å². The molecule has 0 spiro atoms. The minimum absolute atomic E-state index is 0.425. The predicted octanol–water partition coefficient (Wildman–Crippen LogP) is 22.8. The average Bonchev–Trinajstić information content (AvgIpc) is 1.70. The van der Waals surface area contributed by atoms with Gasteiger partial charge in [0.2, 0.25) is 0 Å². The van der Waals surface area contributed by atoms with Crippen molar-refractivity contribution in [1.29, 1.82) is 0 Å². The van der Waals surface area contributed by atoms with Gasteiger partial charge < -0.3 is 18.6 Å². The van der Waals surface area contributed by atoms with E-state index in [-0.39, 0.29) is 0 Å². The fourth-order valence-corrected chi connectivity index (χ4v) is 14.3. The van der Waals surface area contributed by atoms with E-state index in [1.807, 2.05) is 0 Å². The lowest BCUT2D eigenvalue weighted by Crippen LogP contribution is -2.10. The molecule has 0 saturated carbocycles. The highest BCUT2D eigenvalue weighted by Gasteiger charge is 2.29. The highest BCUT2D eigenvalue weighted by molar-refractivity contribution is 6.32. The Kier molecular flexibility index (Phi) is 10.7. The summed E-state index contributed by atoms with van der Waals surface area (Å²) in [6.07, 6.45) is 0. The van der Waals surface area contributed by atoms with Crippen LogP contribution >= 0.6 is 0 Å². The fourth-order valence-electron chi connectivity index (χ4n) is 14.3. The normalized spacial score (nSPS) is 12.3. The molecular weight excluding hydrogens is 1020 g/mol. The first kappa shape index (κ1) is 48.3. The van der Waals surface area contributed by atoms with E-state index >= 15 is 0 Å². The van der Waals surface area contributed by atoms with Gasteiger partial charge in [-0.1, -0.05) is 198 Å². The van der Waals surface area contributed by atoms with Crippen LogP contribution in [0.2, 0.25) is 0 Å². The predicted molar refractivity (Wildman–Crippen MR) is 359 cm³/mol. The largest absolute Gasteiger partial charge is 0.310 e. The molecule has 0 atom stereocenters. The van der Waals surface area contributed by atoms with Gasteiger partial charge in [0, 0.05) is 65.8 Å². The Morgan fingerprint density at radius 1 is 0.274 bits per heavy atom. The molecule has 17 aromatic rings. The van der Waals surface area contributed by atoms with E-state index in [4.69, 9.17) is 0 Å². The number of aromatic nitrogens is 2. The van der Waals surface area contributed by atoms with E-state index in [2.05, 4.69) is 313 Å². The Labute approximate surface area is 487 Å². The van der Waals surface area contributed by atoms with Crippen molar-refractivity contribution in [3.05, 3.63) is 278 Å². The Balaban J connectivity index is 0.974. The van der Waals surface area contributed by atoms with Crippen molar-refractivity contribution in [2.75, 3.05) is 9.80 Å². The number of benzene rings is 13. The standard InChI is InChI=1S/C80H58N4/c1-49(2)51-29-35-59(36-30-51)81(57-21-7-5-8-22-57)73-43-39-65-67-47-76-68(48-75(67)83-71-41-33-55(45-69(71)77(73)79(65)83)63-27-15-19-53-17-11-13-25-61(53)63)66-40-44-74(82(58-23-9-6-10-24-58)60-37-31-52(32-38-60)50(3)4)78-70-46-56(34-42-72(70)84(76)80(66)78)64-28-16-20-54-18-12-14-26-62(54)64/h5-50H,1-4H3. The van der Waals surface area contributed by atoms with Crippen molar-refractivity contribution < 1.29 is 0 Å².